The molecule has 6 rings (SSSR count). The molecule has 3 heterocycles. The van der Waals surface area contributed by atoms with E-state index in [1.807, 2.05) is 30.3 Å². The molecule has 0 unspecified atom stereocenters. The first-order valence-corrected chi connectivity index (χ1v) is 10.9. The van der Waals surface area contributed by atoms with Crippen molar-refractivity contribution in [3.63, 3.8) is 0 Å². The lowest BCUT2D eigenvalue weighted by Crippen LogP contribution is -1.92. The third-order valence-electron chi connectivity index (χ3n) is 5.56. The minimum atomic E-state index is 0.269. The van der Waals surface area contributed by atoms with Gasteiger partial charge in [0.15, 0.2) is 11.5 Å². The first-order chi connectivity index (χ1) is 15.3. The monoisotopic (exact) mass is 426 g/mol. The van der Waals surface area contributed by atoms with Gasteiger partial charge in [0.2, 0.25) is 6.79 Å². The summed E-state index contributed by atoms with van der Waals surface area (Å²) < 4.78 is 22.7. The van der Waals surface area contributed by atoms with Gasteiger partial charge >= 0.3 is 0 Å². The van der Waals surface area contributed by atoms with Gasteiger partial charge in [-0.05, 0) is 64.5 Å². The zero-order valence-corrected chi connectivity index (χ0v) is 17.6. The molecule has 0 radical (unpaired) electrons. The molecule has 4 nitrogen and oxygen atoms in total. The van der Waals surface area contributed by atoms with E-state index in [1.54, 1.807) is 18.4 Å². The van der Waals surface area contributed by atoms with Crippen molar-refractivity contribution in [3.8, 4) is 50.8 Å². The Bertz CT molecular complexity index is 1380. The largest absolute Gasteiger partial charge is 0.497 e. The summed E-state index contributed by atoms with van der Waals surface area (Å²) in [6, 6.07) is 22.5. The Kier molecular flexibility index (Phi) is 4.21. The summed E-state index contributed by atoms with van der Waals surface area (Å²) in [5, 5.41) is 5.25. The molecule has 152 valence electrons. The van der Waals surface area contributed by atoms with Gasteiger partial charge in [0.1, 0.15) is 17.1 Å². The van der Waals surface area contributed by atoms with Crippen LogP contribution in [0.1, 0.15) is 0 Å². The van der Waals surface area contributed by atoms with E-state index in [0.717, 1.165) is 61.8 Å². The summed E-state index contributed by atoms with van der Waals surface area (Å²) in [6.45, 7) is 0.269. The number of benzene rings is 3. The maximum atomic E-state index is 6.35. The lowest BCUT2D eigenvalue weighted by atomic mass is 9.97. The van der Waals surface area contributed by atoms with Gasteiger partial charge in [-0.25, -0.2) is 0 Å². The minimum absolute atomic E-state index is 0.269. The van der Waals surface area contributed by atoms with Crippen LogP contribution in [0, 0.1) is 0 Å². The van der Waals surface area contributed by atoms with Crippen LogP contribution >= 0.6 is 11.3 Å². The maximum absolute atomic E-state index is 6.35. The highest BCUT2D eigenvalue weighted by atomic mass is 32.1. The van der Waals surface area contributed by atoms with Crippen molar-refractivity contribution in [2.24, 2.45) is 0 Å². The average molecular weight is 426 g/mol. The van der Waals surface area contributed by atoms with E-state index in [2.05, 4.69) is 47.2 Å². The lowest BCUT2D eigenvalue weighted by Gasteiger charge is -2.06. The van der Waals surface area contributed by atoms with Crippen LogP contribution in [-0.4, -0.2) is 13.9 Å². The van der Waals surface area contributed by atoms with Crippen LogP contribution in [0.25, 0.3) is 44.5 Å². The second kappa shape index (κ2) is 7.22. The normalized spacial score (nSPS) is 12.4. The number of methoxy groups -OCH3 is 1. The van der Waals surface area contributed by atoms with E-state index < -0.39 is 0 Å². The number of hydrogen-bond donors (Lipinski definition) is 0. The number of ether oxygens (including phenoxy) is 3. The van der Waals surface area contributed by atoms with Gasteiger partial charge in [0.05, 0.1) is 7.11 Å². The highest BCUT2D eigenvalue weighted by molar-refractivity contribution is 7.08. The highest BCUT2D eigenvalue weighted by Gasteiger charge is 2.20. The van der Waals surface area contributed by atoms with E-state index in [4.69, 9.17) is 18.6 Å². The Labute approximate surface area is 183 Å². The van der Waals surface area contributed by atoms with E-state index in [0.29, 0.717) is 0 Å². The van der Waals surface area contributed by atoms with Gasteiger partial charge < -0.3 is 18.6 Å². The molecule has 1 aliphatic rings. The van der Waals surface area contributed by atoms with Crippen LogP contribution in [0.15, 0.2) is 81.9 Å². The number of rotatable bonds is 4. The minimum Gasteiger partial charge on any atom is -0.497 e. The molecule has 0 saturated carbocycles. The highest BCUT2D eigenvalue weighted by Crippen LogP contribution is 2.44. The zero-order chi connectivity index (χ0) is 20.8. The Hall–Kier alpha value is -3.70. The molecule has 31 heavy (non-hydrogen) atoms. The Morgan fingerprint density at radius 3 is 2.35 bits per heavy atom. The summed E-state index contributed by atoms with van der Waals surface area (Å²) >= 11 is 1.66. The maximum Gasteiger partial charge on any atom is 0.231 e. The molecule has 0 bridgehead atoms. The third kappa shape index (κ3) is 3.05. The number of furan rings is 1. The quantitative estimate of drug-likeness (QED) is 0.304. The van der Waals surface area contributed by atoms with Crippen LogP contribution in [0.4, 0.5) is 0 Å². The first-order valence-electron chi connectivity index (χ1n) is 9.94. The van der Waals surface area contributed by atoms with Crippen molar-refractivity contribution < 1.29 is 18.6 Å². The summed E-state index contributed by atoms with van der Waals surface area (Å²) in [7, 11) is 1.68. The molecule has 1 aliphatic heterocycles. The van der Waals surface area contributed by atoms with Crippen LogP contribution in [0.3, 0.4) is 0 Å². The second-order valence-corrected chi connectivity index (χ2v) is 8.11. The van der Waals surface area contributed by atoms with Gasteiger partial charge in [-0.1, -0.05) is 24.3 Å². The van der Waals surface area contributed by atoms with Crippen molar-refractivity contribution in [2.75, 3.05) is 13.9 Å². The molecule has 5 aromatic rings. The second-order valence-electron chi connectivity index (χ2n) is 7.33. The van der Waals surface area contributed by atoms with Gasteiger partial charge in [-0.2, -0.15) is 11.3 Å². The average Bonchev–Trinajstić information content (AvgIpc) is 3.57. The van der Waals surface area contributed by atoms with Crippen molar-refractivity contribution >= 4 is 22.3 Å². The molecule has 0 aliphatic carbocycles. The Morgan fingerprint density at radius 1 is 0.774 bits per heavy atom. The fourth-order valence-electron chi connectivity index (χ4n) is 3.99. The molecule has 0 atom stereocenters. The van der Waals surface area contributed by atoms with Crippen molar-refractivity contribution in [1.82, 2.24) is 0 Å². The summed E-state index contributed by atoms with van der Waals surface area (Å²) in [6.07, 6.45) is 0. The molecule has 0 spiro atoms. The number of fused-ring (bicyclic) bond motifs is 2. The van der Waals surface area contributed by atoms with Crippen molar-refractivity contribution in [2.45, 2.75) is 0 Å². The summed E-state index contributed by atoms with van der Waals surface area (Å²) in [5.41, 5.74) is 6.28. The third-order valence-corrected chi connectivity index (χ3v) is 6.24. The van der Waals surface area contributed by atoms with Crippen molar-refractivity contribution in [3.05, 3.63) is 77.5 Å². The van der Waals surface area contributed by atoms with Crippen LogP contribution in [0.2, 0.25) is 0 Å². The number of hydrogen-bond acceptors (Lipinski definition) is 5. The molecule has 3 aromatic carbocycles. The summed E-state index contributed by atoms with van der Waals surface area (Å²) in [4.78, 5) is 0. The zero-order valence-electron chi connectivity index (χ0n) is 16.8. The van der Waals surface area contributed by atoms with Crippen LogP contribution in [0.5, 0.6) is 17.2 Å². The molecule has 0 saturated heterocycles. The predicted molar refractivity (Wildman–Crippen MR) is 123 cm³/mol. The SMILES string of the molecule is COc1ccc(-c2c(-c3ccsc3)oc3ccc(-c4ccc5c(c4)OCO5)cc23)cc1. The van der Waals surface area contributed by atoms with E-state index >= 15 is 0 Å². The molecule has 5 heteroatoms. The van der Waals surface area contributed by atoms with E-state index in [-0.39, 0.29) is 6.79 Å². The first kappa shape index (κ1) is 18.1. The Morgan fingerprint density at radius 2 is 1.55 bits per heavy atom. The molecule has 0 amide bonds. The topological polar surface area (TPSA) is 40.8 Å². The van der Waals surface area contributed by atoms with Crippen molar-refractivity contribution in [1.29, 1.82) is 0 Å². The van der Waals surface area contributed by atoms with Gasteiger partial charge in [0.25, 0.3) is 0 Å². The summed E-state index contributed by atoms with van der Waals surface area (Å²) in [5.74, 6) is 3.27. The Balaban J connectivity index is 1.56. The van der Waals surface area contributed by atoms with Crippen LogP contribution in [-0.2, 0) is 0 Å². The van der Waals surface area contributed by atoms with E-state index in [1.165, 1.54) is 0 Å². The molecular formula is C26H18O4S. The predicted octanol–water partition coefficient (Wildman–Crippen LogP) is 7.23. The van der Waals surface area contributed by atoms with Gasteiger partial charge in [-0.3, -0.25) is 0 Å². The molecule has 0 N–H and O–H groups in total. The van der Waals surface area contributed by atoms with Crippen LogP contribution < -0.4 is 14.2 Å². The fourth-order valence-corrected chi connectivity index (χ4v) is 4.63. The smallest absolute Gasteiger partial charge is 0.231 e. The van der Waals surface area contributed by atoms with E-state index in [9.17, 15) is 0 Å². The lowest BCUT2D eigenvalue weighted by molar-refractivity contribution is 0.174. The molecular weight excluding hydrogens is 408 g/mol. The van der Waals surface area contributed by atoms with Gasteiger partial charge in [0, 0.05) is 21.9 Å². The van der Waals surface area contributed by atoms with Gasteiger partial charge in [-0.15, -0.1) is 0 Å². The number of thiophene rings is 1. The molecule has 2 aromatic heterocycles. The standard InChI is InChI=1S/C26H18O4S/c1-27-20-6-2-16(3-7-20)25-21-12-17(18-5-9-23-24(13-18)29-15-28-23)4-8-22(21)30-26(25)19-10-11-31-14-19/h2-14H,15H2,1H3. The fraction of sp³-hybridized carbons (Fsp3) is 0.0769. The molecule has 0 fully saturated rings.